The van der Waals surface area contributed by atoms with Crippen molar-refractivity contribution in [2.75, 3.05) is 23.7 Å². The van der Waals surface area contributed by atoms with Gasteiger partial charge in [-0.2, -0.15) is 0 Å². The third kappa shape index (κ3) is 4.07. The quantitative estimate of drug-likeness (QED) is 0.891. The van der Waals surface area contributed by atoms with Gasteiger partial charge < -0.3 is 15.5 Å². The molecule has 0 atom stereocenters. The molecular weight excluding hydrogens is 282 g/mol. The Morgan fingerprint density at radius 3 is 2.50 bits per heavy atom. The minimum atomic E-state index is -0.224. The molecule has 3 amide bonds. The first-order valence-corrected chi connectivity index (χ1v) is 7.42. The summed E-state index contributed by atoms with van der Waals surface area (Å²) in [5, 5.41) is 5.53. The molecule has 2 N–H and O–H groups in total. The molecule has 118 valence electrons. The average Bonchev–Trinajstić information content (AvgIpc) is 2.45. The van der Waals surface area contributed by atoms with Crippen molar-refractivity contribution in [1.82, 2.24) is 4.90 Å². The van der Waals surface area contributed by atoms with E-state index in [1.165, 1.54) is 6.92 Å². The first kappa shape index (κ1) is 16.0. The smallest absolute Gasteiger partial charge is 0.244 e. The molecule has 1 aromatic rings. The summed E-state index contributed by atoms with van der Waals surface area (Å²) >= 11 is 0. The molecule has 1 saturated heterocycles. The van der Waals surface area contributed by atoms with Gasteiger partial charge in [-0.25, -0.2) is 0 Å². The number of hydrogen-bond donors (Lipinski definition) is 2. The van der Waals surface area contributed by atoms with Gasteiger partial charge in [-0.15, -0.1) is 0 Å². The zero-order chi connectivity index (χ0) is 16.1. The van der Waals surface area contributed by atoms with Crippen LogP contribution in [0, 0.1) is 6.92 Å². The molecule has 0 aromatic heterocycles. The minimum Gasteiger partial charge on any atom is -0.333 e. The van der Waals surface area contributed by atoms with Crippen molar-refractivity contribution in [2.45, 2.75) is 33.1 Å². The topological polar surface area (TPSA) is 78.5 Å². The highest BCUT2D eigenvalue weighted by atomic mass is 16.2. The number of carbonyl (C=O) groups excluding carboxylic acids is 3. The van der Waals surface area contributed by atoms with Crippen LogP contribution in [-0.2, 0) is 14.4 Å². The molecular formula is C16H21N3O3. The summed E-state index contributed by atoms with van der Waals surface area (Å²) < 4.78 is 0. The van der Waals surface area contributed by atoms with Crippen molar-refractivity contribution in [2.24, 2.45) is 0 Å². The number of nitrogens with one attached hydrogen (secondary N) is 2. The Hall–Kier alpha value is -2.37. The third-order valence-electron chi connectivity index (χ3n) is 3.67. The van der Waals surface area contributed by atoms with Crippen LogP contribution in [0.25, 0.3) is 0 Å². The number of anilines is 2. The Morgan fingerprint density at radius 1 is 1.18 bits per heavy atom. The van der Waals surface area contributed by atoms with E-state index in [1.54, 1.807) is 23.1 Å². The lowest BCUT2D eigenvalue weighted by atomic mass is 10.1. The average molecular weight is 303 g/mol. The van der Waals surface area contributed by atoms with E-state index in [4.69, 9.17) is 0 Å². The minimum absolute atomic E-state index is 0.0325. The van der Waals surface area contributed by atoms with Crippen molar-refractivity contribution in [3.05, 3.63) is 23.8 Å². The van der Waals surface area contributed by atoms with Crippen LogP contribution in [0.15, 0.2) is 18.2 Å². The Balaban J connectivity index is 2.02. The van der Waals surface area contributed by atoms with E-state index in [9.17, 15) is 14.4 Å². The van der Waals surface area contributed by atoms with Crippen LogP contribution < -0.4 is 10.6 Å². The third-order valence-corrected chi connectivity index (χ3v) is 3.67. The number of rotatable bonds is 4. The number of piperidine rings is 1. The zero-order valence-corrected chi connectivity index (χ0v) is 12.9. The van der Waals surface area contributed by atoms with E-state index in [0.717, 1.165) is 18.4 Å². The molecule has 22 heavy (non-hydrogen) atoms. The molecule has 1 aliphatic heterocycles. The van der Waals surface area contributed by atoms with Crippen LogP contribution in [0.1, 0.15) is 31.7 Å². The number of benzene rings is 1. The fraction of sp³-hybridized carbons (Fsp3) is 0.438. The van der Waals surface area contributed by atoms with E-state index in [-0.39, 0.29) is 24.3 Å². The first-order valence-electron chi connectivity index (χ1n) is 7.42. The summed E-state index contributed by atoms with van der Waals surface area (Å²) in [7, 11) is 0. The summed E-state index contributed by atoms with van der Waals surface area (Å²) in [5.74, 6) is -0.353. The molecule has 0 aliphatic carbocycles. The van der Waals surface area contributed by atoms with Crippen molar-refractivity contribution >= 4 is 29.1 Å². The summed E-state index contributed by atoms with van der Waals surface area (Å²) in [6.07, 6.45) is 2.36. The number of nitrogens with zero attached hydrogens (tertiary/aromatic N) is 1. The second kappa shape index (κ2) is 7.06. The molecule has 2 rings (SSSR count). The lowest BCUT2D eigenvalue weighted by Gasteiger charge is -2.26. The van der Waals surface area contributed by atoms with E-state index in [2.05, 4.69) is 10.6 Å². The maximum Gasteiger partial charge on any atom is 0.244 e. The highest BCUT2D eigenvalue weighted by Crippen LogP contribution is 2.23. The second-order valence-electron chi connectivity index (χ2n) is 5.48. The van der Waals surface area contributed by atoms with Crippen LogP contribution in [0.5, 0.6) is 0 Å². The summed E-state index contributed by atoms with van der Waals surface area (Å²) in [4.78, 5) is 36.6. The van der Waals surface area contributed by atoms with Gasteiger partial charge >= 0.3 is 0 Å². The van der Waals surface area contributed by atoms with Gasteiger partial charge in [0.05, 0.1) is 6.54 Å². The van der Waals surface area contributed by atoms with Crippen LogP contribution in [-0.4, -0.2) is 35.7 Å². The monoisotopic (exact) mass is 303 g/mol. The highest BCUT2D eigenvalue weighted by molar-refractivity contribution is 5.97. The van der Waals surface area contributed by atoms with Crippen molar-refractivity contribution < 1.29 is 14.4 Å². The Bertz CT molecular complexity index is 598. The first-order chi connectivity index (χ1) is 10.5. The van der Waals surface area contributed by atoms with Gasteiger partial charge in [-0.3, -0.25) is 14.4 Å². The lowest BCUT2D eigenvalue weighted by molar-refractivity contribution is -0.136. The van der Waals surface area contributed by atoms with Gasteiger partial charge in [0.2, 0.25) is 17.7 Å². The van der Waals surface area contributed by atoms with E-state index in [1.807, 2.05) is 6.92 Å². The molecule has 0 saturated carbocycles. The molecule has 1 aromatic carbocycles. The molecule has 6 heteroatoms. The normalized spacial score (nSPS) is 14.6. The fourth-order valence-corrected chi connectivity index (χ4v) is 2.49. The molecule has 1 heterocycles. The van der Waals surface area contributed by atoms with E-state index >= 15 is 0 Å². The van der Waals surface area contributed by atoms with Gasteiger partial charge in [-0.1, -0.05) is 6.07 Å². The lowest BCUT2D eigenvalue weighted by Crippen LogP contribution is -2.40. The molecule has 6 nitrogen and oxygen atoms in total. The summed E-state index contributed by atoms with van der Waals surface area (Å²) in [6, 6.07) is 5.32. The van der Waals surface area contributed by atoms with Crippen LogP contribution in [0.2, 0.25) is 0 Å². The van der Waals surface area contributed by atoms with Gasteiger partial charge in [0, 0.05) is 31.3 Å². The molecule has 0 spiro atoms. The van der Waals surface area contributed by atoms with Crippen LogP contribution in [0.3, 0.4) is 0 Å². The Kier molecular flexibility index (Phi) is 5.14. The van der Waals surface area contributed by atoms with E-state index in [0.29, 0.717) is 24.3 Å². The molecule has 1 fully saturated rings. The van der Waals surface area contributed by atoms with Crippen molar-refractivity contribution in [1.29, 1.82) is 0 Å². The van der Waals surface area contributed by atoms with Gasteiger partial charge in [-0.05, 0) is 37.5 Å². The van der Waals surface area contributed by atoms with E-state index < -0.39 is 0 Å². The zero-order valence-electron chi connectivity index (χ0n) is 12.9. The van der Waals surface area contributed by atoms with Crippen molar-refractivity contribution in [3.8, 4) is 0 Å². The maximum atomic E-state index is 12.1. The summed E-state index contributed by atoms with van der Waals surface area (Å²) in [6.45, 7) is 3.97. The molecule has 0 bridgehead atoms. The fourth-order valence-electron chi connectivity index (χ4n) is 2.49. The molecule has 0 unspecified atom stereocenters. The molecule has 0 radical (unpaired) electrons. The maximum absolute atomic E-state index is 12.1. The standard InChI is InChI=1S/C16H21N3O3/c1-11-13(17-12(2)20)6-5-7-14(11)18-15(21)10-19-9-4-3-8-16(19)22/h5-7H,3-4,8-10H2,1-2H3,(H,17,20)(H,18,21). The number of carbonyl (C=O) groups is 3. The number of hydrogen-bond acceptors (Lipinski definition) is 3. The van der Waals surface area contributed by atoms with Crippen molar-refractivity contribution in [3.63, 3.8) is 0 Å². The highest BCUT2D eigenvalue weighted by Gasteiger charge is 2.20. The van der Waals surface area contributed by atoms with Gasteiger partial charge in [0.1, 0.15) is 0 Å². The number of amides is 3. The largest absolute Gasteiger partial charge is 0.333 e. The molecule has 1 aliphatic rings. The predicted molar refractivity (Wildman–Crippen MR) is 84.5 cm³/mol. The number of likely N-dealkylation sites (tertiary alicyclic amines) is 1. The Labute approximate surface area is 129 Å². The van der Waals surface area contributed by atoms with Crippen LogP contribution in [0.4, 0.5) is 11.4 Å². The Morgan fingerprint density at radius 2 is 1.86 bits per heavy atom. The predicted octanol–water partition coefficient (Wildman–Crippen LogP) is 1.90. The van der Waals surface area contributed by atoms with Gasteiger partial charge in [0.15, 0.2) is 0 Å². The van der Waals surface area contributed by atoms with Gasteiger partial charge in [0.25, 0.3) is 0 Å². The van der Waals surface area contributed by atoms with Crippen LogP contribution >= 0.6 is 0 Å². The summed E-state index contributed by atoms with van der Waals surface area (Å²) in [5.41, 5.74) is 2.09. The second-order valence-corrected chi connectivity index (χ2v) is 5.48. The SMILES string of the molecule is CC(=O)Nc1cccc(NC(=O)CN2CCCCC2=O)c1C.